The van der Waals surface area contributed by atoms with Crippen LogP contribution >= 0.6 is 0 Å². The number of halogens is 3. The molecule has 2 aliphatic rings. The van der Waals surface area contributed by atoms with E-state index in [2.05, 4.69) is 28.5 Å². The van der Waals surface area contributed by atoms with Crippen LogP contribution in [-0.4, -0.2) is 26.2 Å². The number of amides is 1. The van der Waals surface area contributed by atoms with Crippen LogP contribution in [0.2, 0.25) is 0 Å². The van der Waals surface area contributed by atoms with Gasteiger partial charge in [0, 0.05) is 36.8 Å². The topological polar surface area (TPSA) is 86.8 Å². The number of rotatable bonds is 7. The first-order valence-corrected chi connectivity index (χ1v) is 12.2. The summed E-state index contributed by atoms with van der Waals surface area (Å²) in [6.45, 7) is 2.16. The lowest BCUT2D eigenvalue weighted by Crippen LogP contribution is -2.47. The average molecular weight is 509 g/mol. The van der Waals surface area contributed by atoms with Crippen LogP contribution in [0, 0.1) is 11.3 Å². The molecule has 2 aromatic carbocycles. The molecule has 1 N–H and O–H groups in total. The molecule has 1 aliphatic carbocycles. The van der Waals surface area contributed by atoms with Crippen LogP contribution in [0.1, 0.15) is 77.0 Å². The van der Waals surface area contributed by atoms with Gasteiger partial charge in [-0.3, -0.25) is 4.79 Å². The molecule has 3 aromatic rings. The standard InChI is InChI=1S/C27H27F3N6O/c1-26(8-4-9-26)32-14-17-11-21-22(23(12-17)27(28,29)30)15-36(25(21)37)19-6-3-5-18(13-19)20(7-10-31)24-34-33-16-35(24)2/h3,5-6,11-13,16,20,32H,4,7-9,14-15H2,1-2H3/t20-/m1/s1. The summed E-state index contributed by atoms with van der Waals surface area (Å²) in [6, 6.07) is 11.9. The van der Waals surface area contributed by atoms with Crippen molar-refractivity contribution < 1.29 is 18.0 Å². The van der Waals surface area contributed by atoms with E-state index < -0.39 is 23.6 Å². The first kappa shape index (κ1) is 25.0. The summed E-state index contributed by atoms with van der Waals surface area (Å²) in [7, 11) is 1.78. The van der Waals surface area contributed by atoms with E-state index in [1.807, 2.05) is 6.07 Å². The first-order valence-electron chi connectivity index (χ1n) is 12.2. The lowest BCUT2D eigenvalue weighted by molar-refractivity contribution is -0.138. The molecule has 1 fully saturated rings. The molecule has 192 valence electrons. The van der Waals surface area contributed by atoms with E-state index in [1.54, 1.807) is 42.2 Å². The molecule has 0 spiro atoms. The summed E-state index contributed by atoms with van der Waals surface area (Å²) >= 11 is 0. The van der Waals surface area contributed by atoms with E-state index in [4.69, 9.17) is 0 Å². The number of hydrogen-bond donors (Lipinski definition) is 1. The number of aryl methyl sites for hydroxylation is 1. The fourth-order valence-electron chi connectivity index (χ4n) is 5.20. The van der Waals surface area contributed by atoms with Gasteiger partial charge in [-0.1, -0.05) is 12.1 Å². The van der Waals surface area contributed by atoms with Crippen molar-refractivity contribution in [2.24, 2.45) is 7.05 Å². The highest BCUT2D eigenvalue weighted by Crippen LogP contribution is 2.40. The second-order valence-corrected chi connectivity index (χ2v) is 10.1. The molecule has 1 atom stereocenters. The van der Waals surface area contributed by atoms with Crippen LogP contribution in [0.3, 0.4) is 0 Å². The van der Waals surface area contributed by atoms with Crippen LogP contribution < -0.4 is 10.2 Å². The quantitative estimate of drug-likeness (QED) is 0.482. The minimum absolute atomic E-state index is 0.0108. The Bertz CT molecular complexity index is 1390. The zero-order valence-electron chi connectivity index (χ0n) is 20.6. The average Bonchev–Trinajstić information content (AvgIpc) is 3.42. The van der Waals surface area contributed by atoms with Gasteiger partial charge in [-0.05, 0) is 67.1 Å². The van der Waals surface area contributed by atoms with Crippen LogP contribution in [0.25, 0.3) is 0 Å². The normalized spacial score (nSPS) is 17.3. The van der Waals surface area contributed by atoms with E-state index in [9.17, 15) is 23.2 Å². The fourth-order valence-corrected chi connectivity index (χ4v) is 5.20. The zero-order valence-corrected chi connectivity index (χ0v) is 20.6. The number of nitrogens with one attached hydrogen (secondary N) is 1. The van der Waals surface area contributed by atoms with Crippen molar-refractivity contribution in [1.29, 1.82) is 5.26 Å². The maximum atomic E-state index is 14.1. The van der Waals surface area contributed by atoms with Gasteiger partial charge in [0.1, 0.15) is 12.2 Å². The lowest BCUT2D eigenvalue weighted by atomic mass is 9.78. The van der Waals surface area contributed by atoms with Crippen LogP contribution in [0.4, 0.5) is 18.9 Å². The minimum atomic E-state index is -4.58. The van der Waals surface area contributed by atoms with Gasteiger partial charge < -0.3 is 14.8 Å². The lowest BCUT2D eigenvalue weighted by Gasteiger charge is -2.39. The second kappa shape index (κ2) is 9.30. The Balaban J connectivity index is 1.48. The number of alkyl halides is 3. The van der Waals surface area contributed by atoms with Crippen molar-refractivity contribution in [3.8, 4) is 6.07 Å². The van der Waals surface area contributed by atoms with Gasteiger partial charge >= 0.3 is 6.18 Å². The van der Waals surface area contributed by atoms with Crippen molar-refractivity contribution in [3.05, 3.63) is 76.4 Å². The number of hydrogen-bond acceptors (Lipinski definition) is 5. The van der Waals surface area contributed by atoms with Crippen molar-refractivity contribution in [2.75, 3.05) is 4.90 Å². The van der Waals surface area contributed by atoms with Gasteiger partial charge in [0.15, 0.2) is 0 Å². The molecule has 10 heteroatoms. The second-order valence-electron chi connectivity index (χ2n) is 10.1. The maximum absolute atomic E-state index is 14.1. The SMILES string of the molecule is Cn1cnnc1[C@H](CC#N)c1cccc(N2Cc3c(cc(CNC4(C)CCC4)cc3C(F)(F)F)C2=O)c1. The third kappa shape index (κ3) is 4.71. The minimum Gasteiger partial charge on any atom is -0.320 e. The van der Waals surface area contributed by atoms with E-state index >= 15 is 0 Å². The molecule has 0 radical (unpaired) electrons. The molecular formula is C27H27F3N6O. The third-order valence-corrected chi connectivity index (χ3v) is 7.52. The summed E-state index contributed by atoms with van der Waals surface area (Å²) in [6.07, 6.45) is 0.155. The number of nitrogens with zero attached hydrogens (tertiary/aromatic N) is 5. The number of aromatic nitrogens is 3. The Morgan fingerprint density at radius 2 is 2.03 bits per heavy atom. The van der Waals surface area contributed by atoms with E-state index in [0.29, 0.717) is 17.1 Å². The van der Waals surface area contributed by atoms with E-state index in [1.165, 1.54) is 4.90 Å². The first-order chi connectivity index (χ1) is 17.6. The monoisotopic (exact) mass is 508 g/mol. The highest BCUT2D eigenvalue weighted by Gasteiger charge is 2.41. The van der Waals surface area contributed by atoms with Gasteiger partial charge in [0.05, 0.1) is 24.1 Å². The highest BCUT2D eigenvalue weighted by molar-refractivity contribution is 6.10. The van der Waals surface area contributed by atoms with Gasteiger partial charge in [-0.25, -0.2) is 0 Å². The molecular weight excluding hydrogens is 481 g/mol. The van der Waals surface area contributed by atoms with Crippen molar-refractivity contribution in [1.82, 2.24) is 20.1 Å². The highest BCUT2D eigenvalue weighted by atomic mass is 19.4. The number of fused-ring (bicyclic) bond motifs is 1. The van der Waals surface area contributed by atoms with Gasteiger partial charge in [0.25, 0.3) is 5.91 Å². The molecule has 37 heavy (non-hydrogen) atoms. The molecule has 0 saturated heterocycles. The summed E-state index contributed by atoms with van der Waals surface area (Å²) < 4.78 is 44.0. The molecule has 0 unspecified atom stereocenters. The summed E-state index contributed by atoms with van der Waals surface area (Å²) in [5.41, 5.74) is 0.873. The Kier molecular flexibility index (Phi) is 6.28. The maximum Gasteiger partial charge on any atom is 0.416 e. The number of anilines is 1. The van der Waals surface area contributed by atoms with Crippen LogP contribution in [0.5, 0.6) is 0 Å². The predicted octanol–water partition coefficient (Wildman–Crippen LogP) is 5.07. The van der Waals surface area contributed by atoms with E-state index in [-0.39, 0.29) is 36.2 Å². The summed E-state index contributed by atoms with van der Waals surface area (Å²) in [4.78, 5) is 14.8. The summed E-state index contributed by atoms with van der Waals surface area (Å²) in [5.74, 6) is -0.273. The Hall–Kier alpha value is -3.71. The largest absolute Gasteiger partial charge is 0.416 e. The van der Waals surface area contributed by atoms with E-state index in [0.717, 1.165) is 30.9 Å². The summed E-state index contributed by atoms with van der Waals surface area (Å²) in [5, 5.41) is 20.8. The molecule has 1 aliphatic heterocycles. The van der Waals surface area contributed by atoms with Gasteiger partial charge in [-0.15, -0.1) is 10.2 Å². The Labute approximate surface area is 212 Å². The number of carbonyl (C=O) groups excluding carboxylic acids is 1. The number of nitriles is 1. The molecule has 7 nitrogen and oxygen atoms in total. The van der Waals surface area contributed by atoms with Gasteiger partial charge in [-0.2, -0.15) is 18.4 Å². The Morgan fingerprint density at radius 1 is 1.24 bits per heavy atom. The molecule has 1 aromatic heterocycles. The van der Waals surface area contributed by atoms with Crippen LogP contribution in [-0.2, 0) is 26.3 Å². The van der Waals surface area contributed by atoms with Crippen molar-refractivity contribution in [3.63, 3.8) is 0 Å². The molecule has 1 saturated carbocycles. The molecule has 5 rings (SSSR count). The fraction of sp³-hybridized carbons (Fsp3) is 0.407. The van der Waals surface area contributed by atoms with Crippen molar-refractivity contribution in [2.45, 2.75) is 63.3 Å². The molecule has 1 amide bonds. The van der Waals surface area contributed by atoms with Crippen LogP contribution in [0.15, 0.2) is 42.7 Å². The predicted molar refractivity (Wildman–Crippen MR) is 131 cm³/mol. The Morgan fingerprint density at radius 3 is 2.65 bits per heavy atom. The molecule has 2 heterocycles. The third-order valence-electron chi connectivity index (χ3n) is 7.52. The zero-order chi connectivity index (χ0) is 26.4. The smallest absolute Gasteiger partial charge is 0.320 e. The number of benzene rings is 2. The number of carbonyl (C=O) groups is 1. The van der Waals surface area contributed by atoms with Crippen molar-refractivity contribution >= 4 is 11.6 Å². The molecule has 0 bridgehead atoms. The van der Waals surface area contributed by atoms with Gasteiger partial charge in [0.2, 0.25) is 0 Å².